The van der Waals surface area contributed by atoms with E-state index in [4.69, 9.17) is 4.74 Å². The predicted molar refractivity (Wildman–Crippen MR) is 113 cm³/mol. The highest BCUT2D eigenvalue weighted by molar-refractivity contribution is 5.89. The molecule has 31 heavy (non-hydrogen) atoms. The third-order valence-electron chi connectivity index (χ3n) is 5.46. The van der Waals surface area contributed by atoms with Crippen molar-refractivity contribution in [1.82, 2.24) is 29.5 Å². The van der Waals surface area contributed by atoms with Gasteiger partial charge in [0.1, 0.15) is 11.7 Å². The van der Waals surface area contributed by atoms with Crippen molar-refractivity contribution in [3.05, 3.63) is 42.9 Å². The number of hydrogen-bond acceptors (Lipinski definition) is 7. The van der Waals surface area contributed by atoms with Crippen LogP contribution in [-0.2, 0) is 4.79 Å². The lowest BCUT2D eigenvalue weighted by Gasteiger charge is -2.16. The van der Waals surface area contributed by atoms with Gasteiger partial charge in [0.05, 0.1) is 30.7 Å². The Morgan fingerprint density at radius 2 is 2.00 bits per heavy atom. The molecular formula is C21H20FN7O2. The van der Waals surface area contributed by atoms with E-state index in [1.165, 1.54) is 18.9 Å². The van der Waals surface area contributed by atoms with Crippen molar-refractivity contribution >= 4 is 28.4 Å². The fourth-order valence-corrected chi connectivity index (χ4v) is 3.88. The number of hydrogen-bond donors (Lipinski definition) is 1. The van der Waals surface area contributed by atoms with E-state index >= 15 is 0 Å². The fraction of sp³-hybridized carbons (Fsp3) is 0.286. The van der Waals surface area contributed by atoms with Gasteiger partial charge in [0.2, 0.25) is 17.7 Å². The van der Waals surface area contributed by atoms with Crippen molar-refractivity contribution in [2.24, 2.45) is 0 Å². The number of anilines is 1. The number of benzene rings is 1. The zero-order valence-electron chi connectivity index (χ0n) is 17.0. The van der Waals surface area contributed by atoms with Crippen LogP contribution in [0, 0.1) is 0 Å². The molecule has 1 aliphatic rings. The monoisotopic (exact) mass is 421 g/mol. The SMILES string of the molecule is COc1nc(N[C@H]2CN(C(C)=O)C[C@H]2F)nn2ccc(-c3ccc4nccnc4c3)c12. The molecular weight excluding hydrogens is 401 g/mol. The molecule has 2 atom stereocenters. The van der Waals surface area contributed by atoms with Gasteiger partial charge in [-0.1, -0.05) is 6.07 Å². The van der Waals surface area contributed by atoms with E-state index in [-0.39, 0.29) is 24.9 Å². The first-order valence-corrected chi connectivity index (χ1v) is 9.84. The number of aromatic nitrogens is 5. The van der Waals surface area contributed by atoms with Crippen LogP contribution < -0.4 is 10.1 Å². The van der Waals surface area contributed by atoms with Crippen molar-refractivity contribution < 1.29 is 13.9 Å². The molecule has 0 saturated carbocycles. The van der Waals surface area contributed by atoms with E-state index < -0.39 is 12.2 Å². The first kappa shape index (κ1) is 19.2. The van der Waals surface area contributed by atoms with Gasteiger partial charge < -0.3 is 15.0 Å². The van der Waals surface area contributed by atoms with Crippen molar-refractivity contribution in [1.29, 1.82) is 0 Å². The van der Waals surface area contributed by atoms with Crippen molar-refractivity contribution in [2.75, 3.05) is 25.5 Å². The lowest BCUT2D eigenvalue weighted by molar-refractivity contribution is -0.128. The second kappa shape index (κ2) is 7.46. The maximum atomic E-state index is 14.4. The lowest BCUT2D eigenvalue weighted by atomic mass is 10.1. The predicted octanol–water partition coefficient (Wildman–Crippen LogP) is 2.33. The second-order valence-corrected chi connectivity index (χ2v) is 7.42. The summed E-state index contributed by atoms with van der Waals surface area (Å²) in [6, 6.07) is 7.15. The minimum Gasteiger partial charge on any atom is -0.479 e. The van der Waals surface area contributed by atoms with E-state index in [1.807, 2.05) is 24.3 Å². The highest BCUT2D eigenvalue weighted by Gasteiger charge is 2.34. The van der Waals surface area contributed by atoms with Gasteiger partial charge in [-0.05, 0) is 23.8 Å². The standard InChI is InChI=1S/C21H20FN7O2/c1-12(30)28-10-15(22)18(11-28)25-21-26-20(31-2)19-14(5-8-29(19)27-21)13-3-4-16-17(9-13)24-7-6-23-16/h3-9,15,18H,10-11H2,1-2H3,(H,25,27)/t15-,18+/m1/s1. The van der Waals surface area contributed by atoms with Crippen LogP contribution in [0.2, 0.25) is 0 Å². The Kier molecular flexibility index (Phi) is 4.61. The molecule has 0 spiro atoms. The molecule has 1 N–H and O–H groups in total. The zero-order chi connectivity index (χ0) is 21.5. The minimum absolute atomic E-state index is 0.0604. The maximum absolute atomic E-state index is 14.4. The zero-order valence-corrected chi connectivity index (χ0v) is 17.0. The van der Waals surface area contributed by atoms with Crippen molar-refractivity contribution in [3.63, 3.8) is 0 Å². The second-order valence-electron chi connectivity index (χ2n) is 7.42. The van der Waals surface area contributed by atoms with Crippen LogP contribution in [0.25, 0.3) is 27.7 Å². The molecule has 1 fully saturated rings. The first-order valence-electron chi connectivity index (χ1n) is 9.84. The van der Waals surface area contributed by atoms with Crippen LogP contribution >= 0.6 is 0 Å². The van der Waals surface area contributed by atoms with Crippen molar-refractivity contribution in [2.45, 2.75) is 19.1 Å². The van der Waals surface area contributed by atoms with Gasteiger partial charge in [-0.3, -0.25) is 14.8 Å². The van der Waals surface area contributed by atoms with E-state index in [1.54, 1.807) is 23.1 Å². The molecule has 4 heterocycles. The summed E-state index contributed by atoms with van der Waals surface area (Å²) in [6.07, 6.45) is 3.90. The minimum atomic E-state index is -1.20. The van der Waals surface area contributed by atoms with Crippen LogP contribution in [0.5, 0.6) is 5.88 Å². The molecule has 0 radical (unpaired) electrons. The molecule has 1 saturated heterocycles. The molecule has 10 heteroatoms. The van der Waals surface area contributed by atoms with E-state index in [0.29, 0.717) is 11.4 Å². The fourth-order valence-electron chi connectivity index (χ4n) is 3.88. The number of carbonyl (C=O) groups excluding carboxylic acids is 1. The normalized spacial score (nSPS) is 18.6. The van der Waals surface area contributed by atoms with Gasteiger partial charge in [-0.15, -0.1) is 5.10 Å². The topological polar surface area (TPSA) is 97.5 Å². The lowest BCUT2D eigenvalue weighted by Crippen LogP contribution is -2.32. The Morgan fingerprint density at radius 3 is 2.74 bits per heavy atom. The smallest absolute Gasteiger partial charge is 0.244 e. The number of alkyl halides is 1. The molecule has 9 nitrogen and oxygen atoms in total. The summed E-state index contributed by atoms with van der Waals surface area (Å²) in [6.45, 7) is 1.75. The number of likely N-dealkylation sites (tertiary alicyclic amines) is 1. The van der Waals surface area contributed by atoms with Crippen LogP contribution in [0.1, 0.15) is 6.92 Å². The summed E-state index contributed by atoms with van der Waals surface area (Å²) in [4.78, 5) is 26.1. The number of nitrogens with zero attached hydrogens (tertiary/aromatic N) is 6. The largest absolute Gasteiger partial charge is 0.479 e. The molecule has 3 aromatic heterocycles. The van der Waals surface area contributed by atoms with Gasteiger partial charge in [-0.25, -0.2) is 8.91 Å². The van der Waals surface area contributed by atoms with Gasteiger partial charge in [-0.2, -0.15) is 4.98 Å². The van der Waals surface area contributed by atoms with Gasteiger partial charge in [0.25, 0.3) is 0 Å². The molecule has 0 bridgehead atoms. The summed E-state index contributed by atoms with van der Waals surface area (Å²) in [5.74, 6) is 0.429. The Labute approximate surface area is 176 Å². The number of carbonyl (C=O) groups is 1. The van der Waals surface area contributed by atoms with Crippen molar-refractivity contribution in [3.8, 4) is 17.0 Å². The molecule has 1 amide bonds. The number of fused-ring (bicyclic) bond motifs is 2. The maximum Gasteiger partial charge on any atom is 0.244 e. The molecule has 1 aromatic carbocycles. The number of methoxy groups -OCH3 is 1. The van der Waals surface area contributed by atoms with Crippen LogP contribution in [0.15, 0.2) is 42.9 Å². The van der Waals surface area contributed by atoms with Crippen LogP contribution in [-0.4, -0.2) is 67.8 Å². The highest BCUT2D eigenvalue weighted by atomic mass is 19.1. The Bertz CT molecular complexity index is 1290. The van der Waals surface area contributed by atoms with Gasteiger partial charge in [0.15, 0.2) is 0 Å². The number of ether oxygens (including phenoxy) is 1. The van der Waals surface area contributed by atoms with Gasteiger partial charge in [0, 0.05) is 37.6 Å². The molecule has 4 aromatic rings. The Morgan fingerprint density at radius 1 is 1.19 bits per heavy atom. The summed E-state index contributed by atoms with van der Waals surface area (Å²) in [5.41, 5.74) is 4.08. The first-order chi connectivity index (χ1) is 15.0. The molecule has 0 unspecified atom stereocenters. The number of rotatable bonds is 4. The number of amides is 1. The van der Waals surface area contributed by atoms with E-state index in [9.17, 15) is 9.18 Å². The highest BCUT2D eigenvalue weighted by Crippen LogP contribution is 2.32. The summed E-state index contributed by atoms with van der Waals surface area (Å²) in [5, 5.41) is 7.48. The quantitative estimate of drug-likeness (QED) is 0.540. The Balaban J connectivity index is 1.51. The average Bonchev–Trinajstić information content (AvgIpc) is 3.37. The number of nitrogens with one attached hydrogen (secondary N) is 1. The molecule has 0 aliphatic carbocycles. The number of halogens is 1. The summed E-state index contributed by atoms with van der Waals surface area (Å²) >= 11 is 0. The van der Waals surface area contributed by atoms with Crippen LogP contribution in [0.4, 0.5) is 10.3 Å². The van der Waals surface area contributed by atoms with E-state index in [0.717, 1.165) is 22.2 Å². The third kappa shape index (κ3) is 3.39. The average molecular weight is 421 g/mol. The van der Waals surface area contributed by atoms with Crippen LogP contribution in [0.3, 0.4) is 0 Å². The third-order valence-corrected chi connectivity index (χ3v) is 5.46. The molecule has 5 rings (SSSR count). The summed E-state index contributed by atoms with van der Waals surface area (Å²) in [7, 11) is 1.53. The Hall–Kier alpha value is -3.82. The molecule has 1 aliphatic heterocycles. The van der Waals surface area contributed by atoms with Gasteiger partial charge >= 0.3 is 0 Å². The van der Waals surface area contributed by atoms with E-state index in [2.05, 4.69) is 25.4 Å². The molecule has 158 valence electrons. The summed E-state index contributed by atoms with van der Waals surface area (Å²) < 4.78 is 21.5.